The highest BCUT2D eigenvalue weighted by Gasteiger charge is 2.16. The third kappa shape index (κ3) is 8.40. The minimum absolute atomic E-state index is 0.459. The van der Waals surface area contributed by atoms with E-state index >= 15 is 0 Å². The van der Waals surface area contributed by atoms with Gasteiger partial charge in [0.05, 0.1) is 5.56 Å². The summed E-state index contributed by atoms with van der Waals surface area (Å²) in [4.78, 5) is 12.1. The van der Waals surface area contributed by atoms with Crippen molar-refractivity contribution in [3.63, 3.8) is 0 Å². The molecule has 2 aromatic rings. The first-order valence-corrected chi connectivity index (χ1v) is 17.0. The lowest BCUT2D eigenvalue weighted by Crippen LogP contribution is -2.30. The van der Waals surface area contributed by atoms with Gasteiger partial charge in [0, 0.05) is 33.7 Å². The Morgan fingerprint density at radius 3 is 2.62 bits per heavy atom. The molecule has 0 bridgehead atoms. The van der Waals surface area contributed by atoms with Gasteiger partial charge in [-0.1, -0.05) is 51.2 Å². The Balaban J connectivity index is 1.68. The first-order chi connectivity index (χ1) is 16.4. The molecule has 6 nitrogen and oxygen atoms in total. The third-order valence-corrected chi connectivity index (χ3v) is 8.17. The molecule has 1 fully saturated rings. The minimum atomic E-state index is -1.12. The maximum Gasteiger partial charge on any atom is 0.151 e. The highest BCUT2D eigenvalue weighted by atomic mass is 28.3. The summed E-state index contributed by atoms with van der Waals surface area (Å²) >= 11 is 0. The number of nitrogens with zero attached hydrogens (tertiary/aromatic N) is 4. The maximum atomic E-state index is 6.41. The SMILES string of the molecule is CCCCc1nc(N)c2c(n1)c(C#CCCCCN1CCCCC1)cn2COCC[Si](C)(C)C. The molecular weight excluding hydrogens is 438 g/mol. The number of fused-ring (bicyclic) bond motifs is 1. The van der Waals surface area contributed by atoms with Crippen molar-refractivity contribution in [2.75, 3.05) is 32.0 Å². The van der Waals surface area contributed by atoms with Crippen LogP contribution in [0.1, 0.15) is 69.7 Å². The van der Waals surface area contributed by atoms with Crippen LogP contribution >= 0.6 is 0 Å². The van der Waals surface area contributed by atoms with Crippen molar-refractivity contribution >= 4 is 24.9 Å². The molecular formula is C27H45N5OSi. The fourth-order valence-electron chi connectivity index (χ4n) is 4.34. The molecule has 0 spiro atoms. The van der Waals surface area contributed by atoms with Gasteiger partial charge in [-0.3, -0.25) is 0 Å². The number of anilines is 1. The van der Waals surface area contributed by atoms with Gasteiger partial charge in [-0.25, -0.2) is 9.97 Å². The molecule has 1 aliphatic rings. The van der Waals surface area contributed by atoms with Crippen molar-refractivity contribution in [3.05, 3.63) is 17.6 Å². The van der Waals surface area contributed by atoms with Crippen LogP contribution < -0.4 is 5.73 Å². The van der Waals surface area contributed by atoms with E-state index in [9.17, 15) is 0 Å². The largest absolute Gasteiger partial charge is 0.382 e. The Morgan fingerprint density at radius 1 is 1.09 bits per heavy atom. The number of aryl methyl sites for hydroxylation is 1. The van der Waals surface area contributed by atoms with Gasteiger partial charge in [-0.15, -0.1) is 0 Å². The second-order valence-electron chi connectivity index (χ2n) is 10.8. The number of unbranched alkanes of at least 4 members (excludes halogenated alkanes) is 3. The molecule has 34 heavy (non-hydrogen) atoms. The number of piperidine rings is 1. The van der Waals surface area contributed by atoms with Crippen molar-refractivity contribution in [1.29, 1.82) is 0 Å². The predicted molar refractivity (Wildman–Crippen MR) is 146 cm³/mol. The fraction of sp³-hybridized carbons (Fsp3) is 0.704. The van der Waals surface area contributed by atoms with Crippen molar-refractivity contribution in [2.45, 2.75) is 97.1 Å². The topological polar surface area (TPSA) is 69.2 Å². The van der Waals surface area contributed by atoms with Crippen LogP contribution in [0.5, 0.6) is 0 Å². The molecule has 1 aliphatic heterocycles. The number of aromatic nitrogens is 3. The van der Waals surface area contributed by atoms with Crippen molar-refractivity contribution in [2.24, 2.45) is 0 Å². The second-order valence-corrected chi connectivity index (χ2v) is 16.5. The van der Waals surface area contributed by atoms with Crippen molar-refractivity contribution < 1.29 is 4.74 Å². The van der Waals surface area contributed by atoms with Gasteiger partial charge in [0.2, 0.25) is 0 Å². The molecule has 0 atom stereocenters. The third-order valence-electron chi connectivity index (χ3n) is 6.46. The van der Waals surface area contributed by atoms with Gasteiger partial charge in [-0.05, 0) is 57.8 Å². The molecule has 3 rings (SSSR count). The molecule has 1 saturated heterocycles. The number of ether oxygens (including phenoxy) is 1. The van der Waals surface area contributed by atoms with Gasteiger partial charge in [0.15, 0.2) is 5.82 Å². The highest BCUT2D eigenvalue weighted by molar-refractivity contribution is 6.76. The van der Waals surface area contributed by atoms with Crippen LogP contribution in [0.3, 0.4) is 0 Å². The summed E-state index contributed by atoms with van der Waals surface area (Å²) < 4.78 is 8.06. The average Bonchev–Trinajstić information content (AvgIpc) is 3.15. The average molecular weight is 484 g/mol. The van der Waals surface area contributed by atoms with Crippen LogP contribution in [0, 0.1) is 11.8 Å². The molecule has 188 valence electrons. The zero-order valence-electron chi connectivity index (χ0n) is 22.0. The van der Waals surface area contributed by atoms with Crippen LogP contribution in [-0.2, 0) is 17.9 Å². The first kappa shape index (κ1) is 26.7. The van der Waals surface area contributed by atoms with Crippen LogP contribution in [0.4, 0.5) is 5.82 Å². The van der Waals surface area contributed by atoms with Crippen molar-refractivity contribution in [1.82, 2.24) is 19.4 Å². The van der Waals surface area contributed by atoms with E-state index in [0.29, 0.717) is 12.5 Å². The van der Waals surface area contributed by atoms with E-state index in [1.165, 1.54) is 45.3 Å². The summed E-state index contributed by atoms with van der Waals surface area (Å²) in [6.45, 7) is 14.3. The number of hydrogen-bond donors (Lipinski definition) is 1. The van der Waals surface area contributed by atoms with Gasteiger partial charge < -0.3 is 19.9 Å². The summed E-state index contributed by atoms with van der Waals surface area (Å²) in [6, 6.07) is 1.14. The quantitative estimate of drug-likeness (QED) is 0.239. The number of rotatable bonds is 12. The summed E-state index contributed by atoms with van der Waals surface area (Å²) in [6.07, 6.45) is 12.4. The first-order valence-electron chi connectivity index (χ1n) is 13.3. The lowest BCUT2D eigenvalue weighted by Gasteiger charge is -2.26. The summed E-state index contributed by atoms with van der Waals surface area (Å²) in [7, 11) is -1.12. The highest BCUT2D eigenvalue weighted by Crippen LogP contribution is 2.24. The Morgan fingerprint density at radius 2 is 1.88 bits per heavy atom. The summed E-state index contributed by atoms with van der Waals surface area (Å²) in [5, 5.41) is 0. The molecule has 7 heteroatoms. The molecule has 0 aromatic carbocycles. The monoisotopic (exact) mass is 483 g/mol. The Kier molecular flexibility index (Phi) is 10.4. The van der Waals surface area contributed by atoms with Crippen LogP contribution in [0.25, 0.3) is 11.0 Å². The molecule has 2 aromatic heterocycles. The zero-order chi connectivity index (χ0) is 24.4. The van der Waals surface area contributed by atoms with Gasteiger partial charge in [0.25, 0.3) is 0 Å². The normalized spacial score (nSPS) is 14.9. The van der Waals surface area contributed by atoms with E-state index in [1.807, 2.05) is 4.57 Å². The zero-order valence-corrected chi connectivity index (χ0v) is 23.0. The lowest BCUT2D eigenvalue weighted by atomic mass is 10.1. The molecule has 3 heterocycles. The van der Waals surface area contributed by atoms with Gasteiger partial charge in [0.1, 0.15) is 23.6 Å². The molecule has 0 radical (unpaired) electrons. The second kappa shape index (κ2) is 13.3. The number of likely N-dealkylation sites (tertiary alicyclic amines) is 1. The van der Waals surface area contributed by atoms with E-state index < -0.39 is 8.07 Å². The standard InChI is InChI=1S/C27H45N5OSi/c1-5-6-15-24-29-25-23(14-10-7-8-11-16-31-17-12-9-13-18-31)21-32(26(25)27(28)30-24)22-33-19-20-34(2,3)4/h21H,5-9,11-13,15-20,22H2,1-4H3,(H2,28,29,30). The Hall–Kier alpha value is -1.88. The molecule has 0 aliphatic carbocycles. The molecule has 2 N–H and O–H groups in total. The van der Waals surface area contributed by atoms with E-state index in [1.54, 1.807) is 0 Å². The fourth-order valence-corrected chi connectivity index (χ4v) is 5.10. The number of nitrogens with two attached hydrogens (primary N) is 1. The molecule has 0 amide bonds. The smallest absolute Gasteiger partial charge is 0.151 e. The minimum Gasteiger partial charge on any atom is -0.382 e. The Labute approximate surface area is 207 Å². The number of hydrogen-bond acceptors (Lipinski definition) is 5. The van der Waals surface area contributed by atoms with Gasteiger partial charge in [-0.2, -0.15) is 0 Å². The summed E-state index contributed by atoms with van der Waals surface area (Å²) in [5.41, 5.74) is 9.06. The lowest BCUT2D eigenvalue weighted by molar-refractivity contribution is 0.0902. The van der Waals surface area contributed by atoms with E-state index in [4.69, 9.17) is 15.5 Å². The van der Waals surface area contributed by atoms with Crippen LogP contribution in [0.15, 0.2) is 6.20 Å². The van der Waals surface area contributed by atoms with E-state index in [-0.39, 0.29) is 0 Å². The van der Waals surface area contributed by atoms with E-state index in [2.05, 4.69) is 54.5 Å². The maximum absolute atomic E-state index is 6.41. The predicted octanol–water partition coefficient (Wildman–Crippen LogP) is 5.68. The van der Waals surface area contributed by atoms with Gasteiger partial charge >= 0.3 is 0 Å². The van der Waals surface area contributed by atoms with Crippen LogP contribution in [0.2, 0.25) is 25.7 Å². The van der Waals surface area contributed by atoms with E-state index in [0.717, 1.165) is 67.2 Å². The Bertz CT molecular complexity index is 963. The van der Waals surface area contributed by atoms with Crippen LogP contribution in [-0.4, -0.2) is 53.7 Å². The molecule has 0 unspecified atom stereocenters. The molecule has 0 saturated carbocycles. The summed E-state index contributed by atoms with van der Waals surface area (Å²) in [5.74, 6) is 8.13. The number of nitrogen functional groups attached to an aromatic ring is 1. The van der Waals surface area contributed by atoms with Crippen molar-refractivity contribution in [3.8, 4) is 11.8 Å².